The number of hydrogen-bond donors (Lipinski definition) is 2. The van der Waals surface area contributed by atoms with Crippen LogP contribution in [0.3, 0.4) is 0 Å². The summed E-state index contributed by atoms with van der Waals surface area (Å²) in [5.74, 6) is -2.77. The molecule has 0 aromatic carbocycles. The van der Waals surface area contributed by atoms with Crippen LogP contribution in [0.4, 0.5) is 0 Å². The van der Waals surface area contributed by atoms with E-state index >= 15 is 0 Å². The highest BCUT2D eigenvalue weighted by atomic mass is 79.9. The summed E-state index contributed by atoms with van der Waals surface area (Å²) in [6.07, 6.45) is 4.52. The fourth-order valence-electron chi connectivity index (χ4n) is 2.28. The molecule has 0 amide bonds. The van der Waals surface area contributed by atoms with Crippen molar-refractivity contribution >= 4 is 39.2 Å². The summed E-state index contributed by atoms with van der Waals surface area (Å²) in [6.45, 7) is 1.63. The van der Waals surface area contributed by atoms with E-state index < -0.39 is 23.3 Å². The van der Waals surface area contributed by atoms with E-state index in [4.69, 9.17) is 0 Å². The van der Waals surface area contributed by atoms with E-state index in [0.717, 1.165) is 4.47 Å². The summed E-state index contributed by atoms with van der Waals surface area (Å²) >= 11 is 4.60. The molecule has 0 saturated heterocycles. The monoisotopic (exact) mass is 342 g/mol. The fourth-order valence-corrected chi connectivity index (χ4v) is 3.97. The van der Waals surface area contributed by atoms with Crippen molar-refractivity contribution in [2.24, 2.45) is 5.92 Å². The molecule has 1 heterocycles. The van der Waals surface area contributed by atoms with Crippen LogP contribution in [0, 0.1) is 5.92 Å². The number of allylic oxidation sites excluding steroid dienone is 2. The standard InChI is InChI=1S/C13H11BrO4S/c1-7-9(11(15)16)3-2-4-13(7,12(17)18)10-5-8(14)6-19-10/h2-7H,1H3,(H,15,16)(H,17,18). The third kappa shape index (κ3) is 2.15. The van der Waals surface area contributed by atoms with Gasteiger partial charge in [-0.3, -0.25) is 4.79 Å². The van der Waals surface area contributed by atoms with Crippen LogP contribution < -0.4 is 0 Å². The molecule has 1 aromatic rings. The van der Waals surface area contributed by atoms with E-state index in [-0.39, 0.29) is 5.57 Å². The Balaban J connectivity index is 2.60. The predicted molar refractivity (Wildman–Crippen MR) is 75.4 cm³/mol. The number of halogens is 1. The van der Waals surface area contributed by atoms with E-state index in [9.17, 15) is 19.8 Å². The molecule has 2 rings (SSSR count). The van der Waals surface area contributed by atoms with Crippen LogP contribution in [0.25, 0.3) is 0 Å². The maximum atomic E-state index is 11.8. The Morgan fingerprint density at radius 2 is 2.11 bits per heavy atom. The van der Waals surface area contributed by atoms with Crippen molar-refractivity contribution in [3.63, 3.8) is 0 Å². The van der Waals surface area contributed by atoms with Gasteiger partial charge in [-0.25, -0.2) is 4.79 Å². The van der Waals surface area contributed by atoms with E-state index in [1.54, 1.807) is 24.4 Å². The lowest BCUT2D eigenvalue weighted by atomic mass is 9.69. The Hall–Kier alpha value is -1.40. The van der Waals surface area contributed by atoms with Gasteiger partial charge in [-0.2, -0.15) is 0 Å². The van der Waals surface area contributed by atoms with Gasteiger partial charge in [0.1, 0.15) is 5.41 Å². The minimum Gasteiger partial charge on any atom is -0.480 e. The van der Waals surface area contributed by atoms with Gasteiger partial charge in [-0.05, 0) is 22.0 Å². The predicted octanol–water partition coefficient (Wildman–Crippen LogP) is 3.05. The first kappa shape index (κ1) is 14.0. The Morgan fingerprint density at radius 3 is 2.58 bits per heavy atom. The van der Waals surface area contributed by atoms with Crippen LogP contribution in [-0.4, -0.2) is 22.2 Å². The Morgan fingerprint density at radius 1 is 1.42 bits per heavy atom. The number of rotatable bonds is 3. The molecular weight excluding hydrogens is 332 g/mol. The van der Waals surface area contributed by atoms with E-state index in [1.165, 1.54) is 23.5 Å². The van der Waals surface area contributed by atoms with Crippen LogP contribution in [-0.2, 0) is 15.0 Å². The zero-order valence-corrected chi connectivity index (χ0v) is 12.4. The number of carbonyl (C=O) groups is 2. The van der Waals surface area contributed by atoms with E-state index in [0.29, 0.717) is 4.88 Å². The second-order valence-corrected chi connectivity index (χ2v) is 6.14. The van der Waals surface area contributed by atoms with Crippen LogP contribution in [0.15, 0.2) is 39.7 Å². The first-order valence-corrected chi connectivity index (χ1v) is 7.17. The normalized spacial score (nSPS) is 26.0. The number of thiophene rings is 1. The molecule has 0 radical (unpaired) electrons. The minimum absolute atomic E-state index is 0.106. The largest absolute Gasteiger partial charge is 0.480 e. The smallest absolute Gasteiger partial charge is 0.331 e. The van der Waals surface area contributed by atoms with Crippen LogP contribution >= 0.6 is 27.3 Å². The lowest BCUT2D eigenvalue weighted by Gasteiger charge is -2.34. The molecule has 19 heavy (non-hydrogen) atoms. The summed E-state index contributed by atoms with van der Waals surface area (Å²) < 4.78 is 0.792. The highest BCUT2D eigenvalue weighted by Crippen LogP contribution is 2.44. The third-order valence-corrected chi connectivity index (χ3v) is 5.20. The first-order valence-electron chi connectivity index (χ1n) is 5.50. The van der Waals surface area contributed by atoms with Gasteiger partial charge in [0, 0.05) is 26.2 Å². The van der Waals surface area contributed by atoms with Crippen molar-refractivity contribution in [2.75, 3.05) is 0 Å². The molecule has 0 aliphatic heterocycles. The molecule has 0 spiro atoms. The number of carboxylic acids is 2. The molecule has 0 bridgehead atoms. The molecule has 1 aliphatic rings. The second-order valence-electron chi connectivity index (χ2n) is 4.31. The van der Waals surface area contributed by atoms with Crippen molar-refractivity contribution in [1.82, 2.24) is 0 Å². The first-order chi connectivity index (χ1) is 8.89. The average Bonchev–Trinajstić information content (AvgIpc) is 2.75. The maximum absolute atomic E-state index is 11.8. The number of aliphatic carboxylic acids is 2. The summed E-state index contributed by atoms with van der Waals surface area (Å²) in [4.78, 5) is 23.6. The van der Waals surface area contributed by atoms with Gasteiger partial charge >= 0.3 is 11.9 Å². The maximum Gasteiger partial charge on any atom is 0.331 e. The second kappa shape index (κ2) is 4.94. The van der Waals surface area contributed by atoms with Crippen molar-refractivity contribution < 1.29 is 19.8 Å². The van der Waals surface area contributed by atoms with Gasteiger partial charge in [0.25, 0.3) is 0 Å². The topological polar surface area (TPSA) is 74.6 Å². The molecule has 2 atom stereocenters. The van der Waals surface area contributed by atoms with Crippen LogP contribution in [0.5, 0.6) is 0 Å². The Bertz CT molecular complexity index is 602. The summed E-state index contributed by atoms with van der Waals surface area (Å²) in [5.41, 5.74) is -1.21. The van der Waals surface area contributed by atoms with Gasteiger partial charge in [0.15, 0.2) is 0 Å². The molecule has 4 nitrogen and oxygen atoms in total. The Labute approximate surface area is 122 Å². The van der Waals surface area contributed by atoms with Gasteiger partial charge in [-0.1, -0.05) is 25.2 Å². The zero-order chi connectivity index (χ0) is 14.2. The van der Waals surface area contributed by atoms with Crippen LogP contribution in [0.2, 0.25) is 0 Å². The van der Waals surface area contributed by atoms with Gasteiger partial charge in [0.05, 0.1) is 0 Å². The molecular formula is C13H11BrO4S. The molecule has 1 aromatic heterocycles. The lowest BCUT2D eigenvalue weighted by Crippen LogP contribution is -2.42. The fraction of sp³-hybridized carbons (Fsp3) is 0.231. The molecule has 1 aliphatic carbocycles. The Kier molecular flexibility index (Phi) is 3.64. The van der Waals surface area contributed by atoms with Crippen molar-refractivity contribution in [3.05, 3.63) is 44.6 Å². The summed E-state index contributed by atoms with van der Waals surface area (Å²) in [5, 5.41) is 20.6. The number of hydrogen-bond acceptors (Lipinski definition) is 3. The highest BCUT2D eigenvalue weighted by Gasteiger charge is 2.48. The molecule has 2 N–H and O–H groups in total. The van der Waals surface area contributed by atoms with Gasteiger partial charge in [0.2, 0.25) is 0 Å². The quantitative estimate of drug-likeness (QED) is 0.885. The minimum atomic E-state index is -1.32. The molecule has 100 valence electrons. The summed E-state index contributed by atoms with van der Waals surface area (Å²) in [6, 6.07) is 1.73. The van der Waals surface area contributed by atoms with Crippen molar-refractivity contribution in [1.29, 1.82) is 0 Å². The number of carboxylic acid groups (broad SMARTS) is 2. The molecule has 6 heteroatoms. The van der Waals surface area contributed by atoms with Gasteiger partial charge < -0.3 is 10.2 Å². The van der Waals surface area contributed by atoms with Gasteiger partial charge in [-0.15, -0.1) is 11.3 Å². The lowest BCUT2D eigenvalue weighted by molar-refractivity contribution is -0.143. The van der Waals surface area contributed by atoms with Crippen LogP contribution in [0.1, 0.15) is 11.8 Å². The van der Waals surface area contributed by atoms with E-state index in [2.05, 4.69) is 15.9 Å². The zero-order valence-electron chi connectivity index (χ0n) is 9.96. The SMILES string of the molecule is CC1C(C(=O)O)=CC=CC1(C(=O)O)c1cc(Br)cs1. The molecule has 0 saturated carbocycles. The summed E-state index contributed by atoms with van der Waals surface area (Å²) in [7, 11) is 0. The third-order valence-electron chi connectivity index (χ3n) is 3.36. The molecule has 0 fully saturated rings. The highest BCUT2D eigenvalue weighted by molar-refractivity contribution is 9.10. The van der Waals surface area contributed by atoms with Crippen molar-refractivity contribution in [3.8, 4) is 0 Å². The molecule has 2 unspecified atom stereocenters. The van der Waals surface area contributed by atoms with Crippen molar-refractivity contribution in [2.45, 2.75) is 12.3 Å². The van der Waals surface area contributed by atoms with E-state index in [1.807, 2.05) is 0 Å². The average molecular weight is 343 g/mol.